The molecule has 0 bridgehead atoms. The van der Waals surface area contributed by atoms with E-state index >= 15 is 0 Å². The highest BCUT2D eigenvalue weighted by molar-refractivity contribution is 5.81. The van der Waals surface area contributed by atoms with Crippen LogP contribution in [0.4, 0.5) is 0 Å². The Morgan fingerprint density at radius 2 is 1.92 bits per heavy atom. The highest BCUT2D eigenvalue weighted by Gasteiger charge is 2.33. The van der Waals surface area contributed by atoms with E-state index in [-0.39, 0.29) is 17.2 Å². The Kier molecular flexibility index (Phi) is 5.17. The lowest BCUT2D eigenvalue weighted by atomic mass is 9.91. The first-order valence-corrected chi connectivity index (χ1v) is 9.49. The Morgan fingerprint density at radius 1 is 1.23 bits per heavy atom. The predicted molar refractivity (Wildman–Crippen MR) is 102 cm³/mol. The number of amides is 1. The second kappa shape index (κ2) is 7.22. The fourth-order valence-corrected chi connectivity index (χ4v) is 3.37. The van der Waals surface area contributed by atoms with E-state index in [0.717, 1.165) is 24.9 Å². The van der Waals surface area contributed by atoms with E-state index in [1.807, 2.05) is 37.8 Å². The van der Waals surface area contributed by atoms with E-state index in [1.165, 1.54) is 5.56 Å². The molecule has 0 saturated carbocycles. The van der Waals surface area contributed by atoms with Crippen molar-refractivity contribution in [1.29, 1.82) is 0 Å². The molecule has 1 aliphatic rings. The summed E-state index contributed by atoms with van der Waals surface area (Å²) < 4.78 is 5.55. The van der Waals surface area contributed by atoms with Gasteiger partial charge in [0.05, 0.1) is 5.92 Å². The van der Waals surface area contributed by atoms with Crippen molar-refractivity contribution < 1.29 is 9.32 Å². The van der Waals surface area contributed by atoms with Gasteiger partial charge in [0.1, 0.15) is 0 Å². The number of aromatic nitrogens is 2. The lowest BCUT2D eigenvalue weighted by Gasteiger charge is -2.35. The van der Waals surface area contributed by atoms with Crippen LogP contribution in [-0.2, 0) is 4.79 Å². The maximum atomic E-state index is 12.6. The summed E-state index contributed by atoms with van der Waals surface area (Å²) in [6.07, 6.45) is 1.94. The molecule has 1 saturated heterocycles. The van der Waals surface area contributed by atoms with Gasteiger partial charge in [0.15, 0.2) is 0 Å². The Labute approximate surface area is 155 Å². The molecule has 1 fully saturated rings. The number of hydrogen-bond donors (Lipinski definition) is 0. The first kappa shape index (κ1) is 18.6. The van der Waals surface area contributed by atoms with Gasteiger partial charge in [0.2, 0.25) is 17.6 Å². The second-order valence-corrected chi connectivity index (χ2v) is 8.57. The molecule has 1 aromatic heterocycles. The van der Waals surface area contributed by atoms with Gasteiger partial charge < -0.3 is 9.42 Å². The Morgan fingerprint density at radius 3 is 2.54 bits per heavy atom. The molecule has 0 aliphatic carbocycles. The van der Waals surface area contributed by atoms with Crippen LogP contribution < -0.4 is 0 Å². The molecular weight excluding hydrogens is 326 g/mol. The van der Waals surface area contributed by atoms with Crippen LogP contribution in [0.15, 0.2) is 28.8 Å². The molecule has 1 unspecified atom stereocenters. The molecule has 0 N–H and O–H groups in total. The van der Waals surface area contributed by atoms with Crippen LogP contribution >= 0.6 is 0 Å². The van der Waals surface area contributed by atoms with Crippen molar-refractivity contribution in [3.05, 3.63) is 35.7 Å². The van der Waals surface area contributed by atoms with Crippen molar-refractivity contribution in [2.75, 3.05) is 13.1 Å². The lowest BCUT2D eigenvalue weighted by Crippen LogP contribution is -2.44. The summed E-state index contributed by atoms with van der Waals surface area (Å²) in [5.74, 6) is 2.06. The quantitative estimate of drug-likeness (QED) is 0.806. The maximum Gasteiger partial charge on any atom is 0.231 e. The molecule has 5 heteroatoms. The summed E-state index contributed by atoms with van der Waals surface area (Å²) >= 11 is 0. The molecule has 1 amide bonds. The van der Waals surface area contributed by atoms with Crippen LogP contribution in [0.3, 0.4) is 0 Å². The average molecular weight is 355 g/mol. The number of benzene rings is 1. The van der Waals surface area contributed by atoms with Gasteiger partial charge in [-0.25, -0.2) is 0 Å². The smallest absolute Gasteiger partial charge is 0.231 e. The first-order valence-electron chi connectivity index (χ1n) is 9.49. The van der Waals surface area contributed by atoms with Gasteiger partial charge in [0, 0.05) is 24.1 Å². The van der Waals surface area contributed by atoms with Crippen LogP contribution in [0.5, 0.6) is 0 Å². The van der Waals surface area contributed by atoms with Gasteiger partial charge in [-0.15, -0.1) is 0 Å². The standard InChI is InChI=1S/C21H29N3O2/c1-14(2)15-8-10-16(11-9-15)18-22-19(26-23-18)17-7-6-12-24(13-17)20(25)21(3,4)5/h8-11,14,17H,6-7,12-13H2,1-5H3. The van der Waals surface area contributed by atoms with E-state index in [9.17, 15) is 4.79 Å². The molecule has 0 spiro atoms. The van der Waals surface area contributed by atoms with Crippen molar-refractivity contribution in [2.45, 2.75) is 59.3 Å². The van der Waals surface area contributed by atoms with Crippen LogP contribution in [0.25, 0.3) is 11.4 Å². The molecule has 5 nitrogen and oxygen atoms in total. The highest BCUT2D eigenvalue weighted by atomic mass is 16.5. The predicted octanol–water partition coefficient (Wildman–Crippen LogP) is 4.61. The number of hydrogen-bond acceptors (Lipinski definition) is 4. The fourth-order valence-electron chi connectivity index (χ4n) is 3.37. The minimum atomic E-state index is -0.361. The molecule has 0 radical (unpaired) electrons. The van der Waals surface area contributed by atoms with E-state index < -0.39 is 0 Å². The minimum absolute atomic E-state index is 0.117. The minimum Gasteiger partial charge on any atom is -0.341 e. The molecule has 2 aromatic rings. The van der Waals surface area contributed by atoms with Gasteiger partial charge >= 0.3 is 0 Å². The summed E-state index contributed by atoms with van der Waals surface area (Å²) in [4.78, 5) is 19.1. The maximum absolute atomic E-state index is 12.6. The largest absolute Gasteiger partial charge is 0.341 e. The summed E-state index contributed by atoms with van der Waals surface area (Å²) in [6, 6.07) is 8.31. The number of nitrogens with zero attached hydrogens (tertiary/aromatic N) is 3. The molecule has 2 heterocycles. The van der Waals surface area contributed by atoms with Crippen LogP contribution in [0.2, 0.25) is 0 Å². The molecule has 1 aliphatic heterocycles. The van der Waals surface area contributed by atoms with Crippen molar-refractivity contribution >= 4 is 5.91 Å². The molecule has 1 aromatic carbocycles. The second-order valence-electron chi connectivity index (χ2n) is 8.57. The normalized spacial score (nSPS) is 18.4. The van der Waals surface area contributed by atoms with E-state index in [0.29, 0.717) is 24.2 Å². The zero-order valence-electron chi connectivity index (χ0n) is 16.5. The number of carbonyl (C=O) groups excluding carboxylic acids is 1. The van der Waals surface area contributed by atoms with Crippen molar-refractivity contribution in [2.24, 2.45) is 5.41 Å². The summed E-state index contributed by atoms with van der Waals surface area (Å²) in [6.45, 7) is 11.7. The van der Waals surface area contributed by atoms with E-state index in [4.69, 9.17) is 4.52 Å². The topological polar surface area (TPSA) is 59.2 Å². The lowest BCUT2D eigenvalue weighted by molar-refractivity contribution is -0.140. The van der Waals surface area contributed by atoms with Gasteiger partial charge in [-0.05, 0) is 24.3 Å². The Bertz CT molecular complexity index is 756. The van der Waals surface area contributed by atoms with Gasteiger partial charge in [0.25, 0.3) is 0 Å². The van der Waals surface area contributed by atoms with Gasteiger partial charge in [-0.1, -0.05) is 64.0 Å². The Balaban J connectivity index is 1.74. The third kappa shape index (κ3) is 3.97. The third-order valence-corrected chi connectivity index (χ3v) is 4.98. The van der Waals surface area contributed by atoms with Gasteiger partial charge in [-0.2, -0.15) is 4.98 Å². The van der Waals surface area contributed by atoms with Crippen molar-refractivity contribution in [1.82, 2.24) is 15.0 Å². The molecule has 3 rings (SSSR count). The number of piperidine rings is 1. The number of rotatable bonds is 3. The number of carbonyl (C=O) groups is 1. The van der Waals surface area contributed by atoms with Crippen LogP contribution in [0.1, 0.15) is 70.8 Å². The third-order valence-electron chi connectivity index (χ3n) is 4.98. The van der Waals surface area contributed by atoms with Crippen LogP contribution in [-0.4, -0.2) is 34.0 Å². The first-order chi connectivity index (χ1) is 12.3. The molecular formula is C21H29N3O2. The zero-order valence-corrected chi connectivity index (χ0v) is 16.5. The number of likely N-dealkylation sites (tertiary alicyclic amines) is 1. The average Bonchev–Trinajstić information content (AvgIpc) is 3.10. The SMILES string of the molecule is CC(C)c1ccc(-c2noc(C3CCCN(C(=O)C(C)(C)C)C3)n2)cc1. The summed E-state index contributed by atoms with van der Waals surface area (Å²) in [5, 5.41) is 4.17. The zero-order chi connectivity index (χ0) is 18.9. The van der Waals surface area contributed by atoms with E-state index in [2.05, 4.69) is 36.1 Å². The van der Waals surface area contributed by atoms with E-state index in [1.54, 1.807) is 0 Å². The molecule has 1 atom stereocenters. The monoisotopic (exact) mass is 355 g/mol. The van der Waals surface area contributed by atoms with Crippen molar-refractivity contribution in [3.63, 3.8) is 0 Å². The molecule has 26 heavy (non-hydrogen) atoms. The summed E-state index contributed by atoms with van der Waals surface area (Å²) in [5.41, 5.74) is 1.89. The molecule has 140 valence electrons. The van der Waals surface area contributed by atoms with Gasteiger partial charge in [-0.3, -0.25) is 4.79 Å². The van der Waals surface area contributed by atoms with Crippen molar-refractivity contribution in [3.8, 4) is 11.4 Å². The van der Waals surface area contributed by atoms with Crippen LogP contribution in [0, 0.1) is 5.41 Å². The summed E-state index contributed by atoms with van der Waals surface area (Å²) in [7, 11) is 0. The highest BCUT2D eigenvalue weighted by Crippen LogP contribution is 2.30. The fraction of sp³-hybridized carbons (Fsp3) is 0.571. The Hall–Kier alpha value is -2.17.